The van der Waals surface area contributed by atoms with Crippen LogP contribution in [-0.2, 0) is 0 Å². The predicted octanol–water partition coefficient (Wildman–Crippen LogP) is 2.30. The molecule has 48 valence electrons. The van der Waals surface area contributed by atoms with Crippen molar-refractivity contribution in [3.05, 3.63) is 0 Å². The third-order valence-electron chi connectivity index (χ3n) is 2.28. The Bertz CT molecular complexity index is 90.6. The Hall–Kier alpha value is 0.730. The molecule has 0 aromatic rings. The molecule has 2 heterocycles. The van der Waals surface area contributed by atoms with Crippen LogP contribution in [-0.4, -0.2) is 12.8 Å². The standard InChI is InChI=1S/C7H13I/c1-2-6-3-7-5-8(7)4-6/h6-7H,2-5H2,1H3. The number of rotatable bonds is 1. The topological polar surface area (TPSA) is 0 Å². The Labute approximate surface area is 58.4 Å². The van der Waals surface area contributed by atoms with Crippen molar-refractivity contribution in [1.82, 2.24) is 0 Å². The zero-order valence-electron chi connectivity index (χ0n) is 5.36. The van der Waals surface area contributed by atoms with E-state index in [1.807, 2.05) is 0 Å². The van der Waals surface area contributed by atoms with Gasteiger partial charge < -0.3 is 0 Å². The zero-order chi connectivity index (χ0) is 5.56. The van der Waals surface area contributed by atoms with Gasteiger partial charge in [0.05, 0.1) is 0 Å². The minimum atomic E-state index is -0.106. The van der Waals surface area contributed by atoms with Crippen molar-refractivity contribution in [1.29, 1.82) is 0 Å². The number of halogens is 1. The van der Waals surface area contributed by atoms with E-state index in [1.54, 1.807) is 15.3 Å². The fourth-order valence-corrected chi connectivity index (χ4v) is 9.61. The summed E-state index contributed by atoms with van der Waals surface area (Å²) in [6.45, 7) is 2.35. The monoisotopic (exact) mass is 224 g/mol. The van der Waals surface area contributed by atoms with E-state index in [-0.39, 0.29) is 19.8 Å². The van der Waals surface area contributed by atoms with Crippen molar-refractivity contribution in [2.75, 3.05) is 8.86 Å². The maximum atomic E-state index is 2.35. The second kappa shape index (κ2) is 1.86. The minimum absolute atomic E-state index is 0.106. The van der Waals surface area contributed by atoms with Crippen LogP contribution in [0.5, 0.6) is 0 Å². The number of fused-ring (bicyclic) bond motifs is 1. The van der Waals surface area contributed by atoms with E-state index < -0.39 is 0 Å². The van der Waals surface area contributed by atoms with Crippen molar-refractivity contribution in [3.63, 3.8) is 0 Å². The van der Waals surface area contributed by atoms with E-state index in [2.05, 4.69) is 6.92 Å². The third-order valence-corrected chi connectivity index (χ3v) is 9.16. The van der Waals surface area contributed by atoms with E-state index in [1.165, 1.54) is 16.3 Å². The summed E-state index contributed by atoms with van der Waals surface area (Å²) in [5, 5.41) is 0. The molecule has 0 nitrogen and oxygen atoms in total. The van der Waals surface area contributed by atoms with Crippen LogP contribution in [0.2, 0.25) is 0 Å². The van der Waals surface area contributed by atoms with Gasteiger partial charge in [-0.25, -0.2) is 0 Å². The maximum absolute atomic E-state index is 2.35. The van der Waals surface area contributed by atoms with Crippen molar-refractivity contribution < 1.29 is 0 Å². The molecule has 0 aliphatic carbocycles. The van der Waals surface area contributed by atoms with E-state index in [4.69, 9.17) is 0 Å². The fraction of sp³-hybridized carbons (Fsp3) is 1.00. The summed E-state index contributed by atoms with van der Waals surface area (Å²) >= 11 is -0.106. The van der Waals surface area contributed by atoms with Crippen LogP contribution in [0.1, 0.15) is 19.8 Å². The van der Waals surface area contributed by atoms with Gasteiger partial charge in [0.2, 0.25) is 0 Å². The number of alkyl halides is 3. The first kappa shape index (κ1) is 5.51. The molecule has 8 heavy (non-hydrogen) atoms. The molecule has 2 fully saturated rings. The SMILES string of the molecule is CCC1CC2CI2C1. The van der Waals surface area contributed by atoms with Gasteiger partial charge in [-0.3, -0.25) is 0 Å². The van der Waals surface area contributed by atoms with Gasteiger partial charge in [-0.05, 0) is 0 Å². The zero-order valence-corrected chi connectivity index (χ0v) is 7.52. The average molecular weight is 224 g/mol. The third kappa shape index (κ3) is 0.789. The molecular weight excluding hydrogens is 211 g/mol. The molecule has 2 unspecified atom stereocenters. The Morgan fingerprint density at radius 3 is 2.75 bits per heavy atom. The van der Waals surface area contributed by atoms with Gasteiger partial charge in [0.15, 0.2) is 0 Å². The van der Waals surface area contributed by atoms with Crippen molar-refractivity contribution >= 4 is 19.8 Å². The second-order valence-electron chi connectivity index (χ2n) is 2.91. The molecule has 2 atom stereocenters. The van der Waals surface area contributed by atoms with Gasteiger partial charge in [-0.2, -0.15) is 0 Å². The molecule has 0 N–H and O–H groups in total. The van der Waals surface area contributed by atoms with Gasteiger partial charge >= 0.3 is 58.3 Å². The van der Waals surface area contributed by atoms with Crippen molar-refractivity contribution in [2.45, 2.75) is 23.7 Å². The summed E-state index contributed by atoms with van der Waals surface area (Å²) in [4.78, 5) is 0. The van der Waals surface area contributed by atoms with Gasteiger partial charge in [0.25, 0.3) is 0 Å². The van der Waals surface area contributed by atoms with Crippen molar-refractivity contribution in [2.24, 2.45) is 5.92 Å². The van der Waals surface area contributed by atoms with Gasteiger partial charge in [0.1, 0.15) is 0 Å². The van der Waals surface area contributed by atoms with E-state index in [0.29, 0.717) is 0 Å². The average Bonchev–Trinajstić information content (AvgIpc) is 2.40. The molecule has 2 aliphatic rings. The first-order chi connectivity index (χ1) is 3.90. The quantitative estimate of drug-likeness (QED) is 0.473. The predicted molar refractivity (Wildman–Crippen MR) is 45.9 cm³/mol. The molecule has 0 aromatic heterocycles. The summed E-state index contributed by atoms with van der Waals surface area (Å²) < 4.78 is 4.81. The summed E-state index contributed by atoms with van der Waals surface area (Å²) in [6.07, 6.45) is 3.12. The number of hydrogen-bond acceptors (Lipinski definition) is 0. The summed E-state index contributed by atoms with van der Waals surface area (Å²) in [5.74, 6) is 1.19. The van der Waals surface area contributed by atoms with Gasteiger partial charge in [-0.15, -0.1) is 0 Å². The van der Waals surface area contributed by atoms with Crippen LogP contribution in [0.4, 0.5) is 0 Å². The molecular formula is C7H13I. The summed E-state index contributed by atoms with van der Waals surface area (Å²) in [7, 11) is 0. The molecule has 0 aromatic carbocycles. The summed E-state index contributed by atoms with van der Waals surface area (Å²) in [5.41, 5.74) is 0. The summed E-state index contributed by atoms with van der Waals surface area (Å²) in [6, 6.07) is 0. The fourth-order valence-electron chi connectivity index (χ4n) is 1.54. The molecule has 2 saturated heterocycles. The Balaban J connectivity index is 1.89. The first-order valence-corrected chi connectivity index (χ1v) is 7.80. The van der Waals surface area contributed by atoms with Gasteiger partial charge in [0, 0.05) is 0 Å². The molecule has 2 rings (SSSR count). The molecule has 1 heteroatoms. The molecule has 0 saturated carbocycles. The normalized spacial score (nSPS) is 46.9. The molecule has 0 amide bonds. The van der Waals surface area contributed by atoms with Crippen LogP contribution in [0, 0.1) is 5.92 Å². The van der Waals surface area contributed by atoms with Gasteiger partial charge in [-0.1, -0.05) is 0 Å². The molecule has 0 bridgehead atoms. The Morgan fingerprint density at radius 1 is 1.50 bits per heavy atom. The Morgan fingerprint density at radius 2 is 2.38 bits per heavy atom. The van der Waals surface area contributed by atoms with Crippen molar-refractivity contribution in [3.8, 4) is 0 Å². The first-order valence-electron chi connectivity index (χ1n) is 3.50. The van der Waals surface area contributed by atoms with E-state index >= 15 is 0 Å². The van der Waals surface area contributed by atoms with Crippen LogP contribution in [0.3, 0.4) is 0 Å². The van der Waals surface area contributed by atoms with E-state index in [9.17, 15) is 0 Å². The Kier molecular flexibility index (Phi) is 1.28. The second-order valence-corrected chi connectivity index (χ2v) is 9.28. The molecule has 0 spiro atoms. The van der Waals surface area contributed by atoms with E-state index in [0.717, 1.165) is 0 Å². The molecule has 0 radical (unpaired) electrons. The van der Waals surface area contributed by atoms with Crippen LogP contribution < -0.4 is 0 Å². The molecule has 2 aliphatic heterocycles. The van der Waals surface area contributed by atoms with Crippen LogP contribution >= 0.6 is 19.8 Å². The number of hydrogen-bond donors (Lipinski definition) is 0. The van der Waals surface area contributed by atoms with Crippen LogP contribution in [0.25, 0.3) is 0 Å². The van der Waals surface area contributed by atoms with Crippen LogP contribution in [0.15, 0.2) is 0 Å².